The fraction of sp³-hybridized carbons (Fsp3) is 0.481. The van der Waals surface area contributed by atoms with Crippen LogP contribution in [0.1, 0.15) is 38.2 Å². The van der Waals surface area contributed by atoms with Crippen LogP contribution in [0.4, 0.5) is 4.79 Å². The molecule has 2 aromatic carbocycles. The first-order valence-corrected chi connectivity index (χ1v) is 15.0. The first-order chi connectivity index (χ1) is 16.6. The highest BCUT2D eigenvalue weighted by Gasteiger charge is 2.53. The molecule has 8 heteroatoms. The Balaban J connectivity index is 1.57. The molecule has 2 aliphatic heterocycles. The summed E-state index contributed by atoms with van der Waals surface area (Å²) in [4.78, 5) is 27.9. The van der Waals surface area contributed by atoms with E-state index in [9.17, 15) is 9.59 Å². The number of carbonyl (C=O) groups excluding carboxylic acids is 2. The van der Waals surface area contributed by atoms with Crippen LogP contribution in [-0.4, -0.2) is 56.5 Å². The van der Waals surface area contributed by atoms with Crippen molar-refractivity contribution in [2.75, 3.05) is 13.2 Å². The summed E-state index contributed by atoms with van der Waals surface area (Å²) >= 11 is 0. The number of ketones is 1. The standard InChI is InChI=1S/C27H35NO6Si/c1-27(2,3)35(4,5)34-24-22(29)16-28(26(30)32-17-19-12-8-6-9-13-19)21-18-31-25(33-23(21)24)20-14-10-7-11-15-20/h6-15,21,23-25H,16-18H2,1-5H3/t21-,23-,24-,25-/m1/s1. The molecular formula is C27H35NO6Si. The van der Waals surface area contributed by atoms with Crippen molar-refractivity contribution in [2.45, 2.75) is 70.1 Å². The lowest BCUT2D eigenvalue weighted by Crippen LogP contribution is -2.67. The highest BCUT2D eigenvalue weighted by molar-refractivity contribution is 6.74. The van der Waals surface area contributed by atoms with Gasteiger partial charge < -0.3 is 18.6 Å². The van der Waals surface area contributed by atoms with Crippen molar-refractivity contribution in [3.63, 3.8) is 0 Å². The summed E-state index contributed by atoms with van der Waals surface area (Å²) in [5.74, 6) is -0.179. The Morgan fingerprint density at radius 3 is 2.31 bits per heavy atom. The molecule has 1 amide bonds. The average molecular weight is 498 g/mol. The van der Waals surface area contributed by atoms with Gasteiger partial charge in [-0.05, 0) is 23.7 Å². The summed E-state index contributed by atoms with van der Waals surface area (Å²) in [7, 11) is -2.30. The fourth-order valence-electron chi connectivity index (χ4n) is 4.07. The van der Waals surface area contributed by atoms with Gasteiger partial charge in [0.2, 0.25) is 0 Å². The molecule has 0 aliphatic carbocycles. The van der Waals surface area contributed by atoms with E-state index in [1.165, 1.54) is 4.90 Å². The molecule has 2 aromatic rings. The van der Waals surface area contributed by atoms with Crippen LogP contribution in [-0.2, 0) is 30.0 Å². The van der Waals surface area contributed by atoms with Crippen LogP contribution >= 0.6 is 0 Å². The molecule has 0 unspecified atom stereocenters. The zero-order valence-corrected chi connectivity index (χ0v) is 22.1. The number of amides is 1. The Hall–Kier alpha value is -2.52. The number of Topliss-reactive ketones (excluding diaryl/α,β-unsaturated/α-hetero) is 1. The second-order valence-corrected chi connectivity index (χ2v) is 15.4. The third-order valence-corrected chi connectivity index (χ3v) is 11.6. The molecule has 0 bridgehead atoms. The number of ether oxygens (including phenoxy) is 3. The molecule has 0 radical (unpaired) electrons. The monoisotopic (exact) mass is 497 g/mol. The number of benzene rings is 2. The number of piperidine rings is 1. The second-order valence-electron chi connectivity index (χ2n) is 10.7. The summed E-state index contributed by atoms with van der Waals surface area (Å²) < 4.78 is 24.6. The Bertz CT molecular complexity index is 1020. The van der Waals surface area contributed by atoms with Gasteiger partial charge in [0.15, 0.2) is 20.4 Å². The lowest BCUT2D eigenvalue weighted by molar-refractivity contribution is -0.263. The van der Waals surface area contributed by atoms with Crippen LogP contribution in [0.2, 0.25) is 18.1 Å². The third kappa shape index (κ3) is 5.67. The molecule has 0 aromatic heterocycles. The minimum Gasteiger partial charge on any atom is -0.445 e. The van der Waals surface area contributed by atoms with Gasteiger partial charge in [0.05, 0.1) is 19.2 Å². The predicted molar refractivity (Wildman–Crippen MR) is 134 cm³/mol. The number of carbonyl (C=O) groups is 2. The van der Waals surface area contributed by atoms with Crippen LogP contribution < -0.4 is 0 Å². The summed E-state index contributed by atoms with van der Waals surface area (Å²) in [6, 6.07) is 18.6. The Morgan fingerprint density at radius 1 is 1.06 bits per heavy atom. The van der Waals surface area contributed by atoms with Crippen LogP contribution in [0.3, 0.4) is 0 Å². The van der Waals surface area contributed by atoms with Gasteiger partial charge in [-0.25, -0.2) is 4.79 Å². The zero-order chi connectivity index (χ0) is 25.2. The highest BCUT2D eigenvalue weighted by Crippen LogP contribution is 2.41. The topological polar surface area (TPSA) is 74.3 Å². The maximum atomic E-state index is 13.4. The molecule has 0 saturated carbocycles. The number of likely N-dealkylation sites (tertiary alicyclic amines) is 1. The molecule has 2 aliphatic rings. The summed E-state index contributed by atoms with van der Waals surface area (Å²) in [6.07, 6.45) is -2.63. The summed E-state index contributed by atoms with van der Waals surface area (Å²) in [5, 5.41) is -0.0848. The van der Waals surface area contributed by atoms with E-state index in [1.54, 1.807) is 0 Å². The van der Waals surface area contributed by atoms with Gasteiger partial charge >= 0.3 is 6.09 Å². The number of rotatable bonds is 5. The average Bonchev–Trinajstić information content (AvgIpc) is 2.84. The van der Waals surface area contributed by atoms with E-state index < -0.39 is 39.0 Å². The molecule has 35 heavy (non-hydrogen) atoms. The molecule has 2 saturated heterocycles. The van der Waals surface area contributed by atoms with Crippen molar-refractivity contribution in [1.82, 2.24) is 4.90 Å². The molecular weight excluding hydrogens is 462 g/mol. The van der Waals surface area contributed by atoms with E-state index in [-0.39, 0.29) is 30.6 Å². The normalized spacial score (nSPS) is 25.2. The zero-order valence-electron chi connectivity index (χ0n) is 21.1. The smallest absolute Gasteiger partial charge is 0.410 e. The molecule has 4 atom stereocenters. The van der Waals surface area contributed by atoms with E-state index in [0.29, 0.717) is 0 Å². The third-order valence-electron chi connectivity index (χ3n) is 7.16. The van der Waals surface area contributed by atoms with Crippen molar-refractivity contribution in [2.24, 2.45) is 0 Å². The molecule has 0 N–H and O–H groups in total. The van der Waals surface area contributed by atoms with E-state index in [4.69, 9.17) is 18.6 Å². The van der Waals surface area contributed by atoms with E-state index in [2.05, 4.69) is 33.9 Å². The van der Waals surface area contributed by atoms with Crippen LogP contribution in [0.5, 0.6) is 0 Å². The molecule has 0 spiro atoms. The SMILES string of the molecule is CC(C)(C)[Si](C)(C)O[C@@H]1C(=O)CN(C(=O)OCc2ccccc2)[C@@H]2CO[C@@H](c3ccccc3)O[C@@H]12. The van der Waals surface area contributed by atoms with Crippen molar-refractivity contribution in [1.29, 1.82) is 0 Å². The minimum atomic E-state index is -2.30. The van der Waals surface area contributed by atoms with E-state index >= 15 is 0 Å². The lowest BCUT2D eigenvalue weighted by Gasteiger charge is -2.50. The van der Waals surface area contributed by atoms with E-state index in [1.807, 2.05) is 60.7 Å². The molecule has 7 nitrogen and oxygen atoms in total. The first kappa shape index (κ1) is 25.6. The minimum absolute atomic E-state index is 0.0848. The van der Waals surface area contributed by atoms with Crippen molar-refractivity contribution in [3.05, 3.63) is 71.8 Å². The molecule has 188 valence electrons. The van der Waals surface area contributed by atoms with Crippen LogP contribution in [0.25, 0.3) is 0 Å². The Kier molecular flexibility index (Phi) is 7.47. The summed E-state index contributed by atoms with van der Waals surface area (Å²) in [5.41, 5.74) is 1.73. The van der Waals surface area contributed by atoms with E-state index in [0.717, 1.165) is 11.1 Å². The van der Waals surface area contributed by atoms with Gasteiger partial charge in [-0.3, -0.25) is 9.69 Å². The second kappa shape index (κ2) is 10.2. The van der Waals surface area contributed by atoms with Gasteiger partial charge in [-0.15, -0.1) is 0 Å². The predicted octanol–water partition coefficient (Wildman–Crippen LogP) is 5.08. The van der Waals surface area contributed by atoms with Gasteiger partial charge in [0.25, 0.3) is 0 Å². The fourth-order valence-corrected chi connectivity index (χ4v) is 5.32. The molecule has 2 heterocycles. The number of nitrogens with zero attached hydrogens (tertiary/aromatic N) is 1. The quantitative estimate of drug-likeness (QED) is 0.536. The maximum absolute atomic E-state index is 13.4. The van der Waals surface area contributed by atoms with Gasteiger partial charge in [-0.2, -0.15) is 0 Å². The van der Waals surface area contributed by atoms with Gasteiger partial charge in [-0.1, -0.05) is 81.4 Å². The Morgan fingerprint density at radius 2 is 1.69 bits per heavy atom. The lowest BCUT2D eigenvalue weighted by atomic mass is 9.94. The highest BCUT2D eigenvalue weighted by atomic mass is 28.4. The number of hydrogen-bond acceptors (Lipinski definition) is 6. The number of hydrogen-bond donors (Lipinski definition) is 0. The Labute approximate surface area is 208 Å². The van der Waals surface area contributed by atoms with Crippen molar-refractivity contribution in [3.8, 4) is 0 Å². The van der Waals surface area contributed by atoms with Gasteiger partial charge in [0, 0.05) is 5.56 Å². The maximum Gasteiger partial charge on any atom is 0.410 e. The number of fused-ring (bicyclic) bond motifs is 1. The molecule has 2 fully saturated rings. The first-order valence-electron chi connectivity index (χ1n) is 12.1. The van der Waals surface area contributed by atoms with Crippen LogP contribution in [0, 0.1) is 0 Å². The molecule has 4 rings (SSSR count). The van der Waals surface area contributed by atoms with Crippen molar-refractivity contribution < 1.29 is 28.2 Å². The van der Waals surface area contributed by atoms with Gasteiger partial charge in [0.1, 0.15) is 18.8 Å². The largest absolute Gasteiger partial charge is 0.445 e. The summed E-state index contributed by atoms with van der Waals surface area (Å²) in [6.45, 7) is 10.9. The van der Waals surface area contributed by atoms with Crippen LogP contribution in [0.15, 0.2) is 60.7 Å². The van der Waals surface area contributed by atoms with Crippen molar-refractivity contribution >= 4 is 20.2 Å².